The van der Waals surface area contributed by atoms with Gasteiger partial charge in [-0.05, 0) is 50.6 Å². The third-order valence-corrected chi connectivity index (χ3v) is 4.72. The molecule has 6 nitrogen and oxygen atoms in total. The molecule has 0 saturated carbocycles. The summed E-state index contributed by atoms with van der Waals surface area (Å²) in [5.74, 6) is 0.488. The van der Waals surface area contributed by atoms with Gasteiger partial charge in [0, 0.05) is 35.0 Å². The van der Waals surface area contributed by atoms with Crippen molar-refractivity contribution in [3.05, 3.63) is 76.9 Å². The smallest absolute Gasteiger partial charge is 0.157 e. The summed E-state index contributed by atoms with van der Waals surface area (Å²) in [6.45, 7) is 6.05. The number of H-pyrrole nitrogens is 1. The number of rotatable bonds is 5. The van der Waals surface area contributed by atoms with Crippen LogP contribution in [0.2, 0.25) is 0 Å². The van der Waals surface area contributed by atoms with Gasteiger partial charge in [0.05, 0.1) is 17.1 Å². The molecular weight excluding hydrogens is 355 g/mol. The van der Waals surface area contributed by atoms with Crippen LogP contribution in [0.5, 0.6) is 0 Å². The molecule has 0 aliphatic heterocycles. The van der Waals surface area contributed by atoms with Crippen LogP contribution in [0.4, 0.5) is 4.39 Å². The normalized spacial score (nSPS) is 11.1. The Morgan fingerprint density at radius 2 is 1.86 bits per heavy atom. The fraction of sp³-hybridized carbons (Fsp3) is 0.238. The third kappa shape index (κ3) is 3.43. The van der Waals surface area contributed by atoms with Gasteiger partial charge in [0.2, 0.25) is 0 Å². The lowest BCUT2D eigenvalue weighted by Gasteiger charge is -2.06. The summed E-state index contributed by atoms with van der Waals surface area (Å²) in [6, 6.07) is 10.4. The average Bonchev–Trinajstić information content (AvgIpc) is 3.24. The molecule has 4 rings (SSSR count). The molecule has 0 fully saturated rings. The molecule has 1 N–H and O–H groups in total. The summed E-state index contributed by atoms with van der Waals surface area (Å²) in [4.78, 5) is 8.77. The number of hydrogen-bond donors (Lipinski definition) is 1. The molecule has 4 aromatic rings. The highest BCUT2D eigenvalue weighted by Crippen LogP contribution is 2.26. The third-order valence-electron chi connectivity index (χ3n) is 4.72. The maximum Gasteiger partial charge on any atom is 0.157 e. The zero-order chi connectivity index (χ0) is 19.7. The SMILES string of the molecule is CCc1c(-c2ccc(F)cc2)n[nH]c1Cc1cc(-n2nc(C)cc2C)ncn1. The van der Waals surface area contributed by atoms with E-state index in [4.69, 9.17) is 0 Å². The van der Waals surface area contributed by atoms with E-state index < -0.39 is 0 Å². The number of aryl methyl sites for hydroxylation is 2. The van der Waals surface area contributed by atoms with E-state index in [1.165, 1.54) is 12.1 Å². The fourth-order valence-corrected chi connectivity index (χ4v) is 3.42. The van der Waals surface area contributed by atoms with E-state index in [-0.39, 0.29) is 5.82 Å². The predicted octanol–water partition coefficient (Wildman–Crippen LogP) is 3.96. The van der Waals surface area contributed by atoms with E-state index in [0.717, 1.165) is 51.8 Å². The van der Waals surface area contributed by atoms with Gasteiger partial charge in [-0.25, -0.2) is 19.0 Å². The van der Waals surface area contributed by atoms with Gasteiger partial charge < -0.3 is 0 Å². The molecule has 0 bridgehead atoms. The van der Waals surface area contributed by atoms with Crippen molar-refractivity contribution >= 4 is 0 Å². The van der Waals surface area contributed by atoms with Crippen LogP contribution in [0.15, 0.2) is 42.7 Å². The first-order chi connectivity index (χ1) is 13.5. The molecule has 142 valence electrons. The van der Waals surface area contributed by atoms with E-state index in [1.807, 2.05) is 30.7 Å². The Bertz CT molecular complexity index is 1110. The van der Waals surface area contributed by atoms with Gasteiger partial charge >= 0.3 is 0 Å². The Morgan fingerprint density at radius 1 is 1.07 bits per heavy atom. The van der Waals surface area contributed by atoms with E-state index in [9.17, 15) is 4.39 Å². The lowest BCUT2D eigenvalue weighted by atomic mass is 10.0. The molecule has 7 heteroatoms. The van der Waals surface area contributed by atoms with Gasteiger partial charge in [-0.1, -0.05) is 6.92 Å². The van der Waals surface area contributed by atoms with Crippen molar-refractivity contribution in [2.45, 2.75) is 33.6 Å². The zero-order valence-corrected chi connectivity index (χ0v) is 16.1. The molecule has 0 radical (unpaired) electrons. The highest BCUT2D eigenvalue weighted by Gasteiger charge is 2.15. The minimum absolute atomic E-state index is 0.254. The second-order valence-corrected chi connectivity index (χ2v) is 6.77. The molecule has 28 heavy (non-hydrogen) atoms. The molecule has 3 aromatic heterocycles. The van der Waals surface area contributed by atoms with Crippen LogP contribution >= 0.6 is 0 Å². The predicted molar refractivity (Wildman–Crippen MR) is 105 cm³/mol. The van der Waals surface area contributed by atoms with E-state index in [0.29, 0.717) is 6.42 Å². The first-order valence-electron chi connectivity index (χ1n) is 9.21. The molecule has 0 aliphatic carbocycles. The maximum absolute atomic E-state index is 13.2. The number of aromatic amines is 1. The standard InChI is InChI=1S/C21H21FN6/c1-4-18-19(25-26-21(18)15-5-7-16(22)8-6-15)10-17-11-20(24-12-23-17)28-14(3)9-13(2)27-28/h5-9,11-12H,4,10H2,1-3H3,(H,25,26). The summed E-state index contributed by atoms with van der Waals surface area (Å²) in [7, 11) is 0. The van der Waals surface area contributed by atoms with E-state index in [2.05, 4.69) is 32.2 Å². The highest BCUT2D eigenvalue weighted by molar-refractivity contribution is 5.64. The topological polar surface area (TPSA) is 72.3 Å². The minimum atomic E-state index is -0.254. The van der Waals surface area contributed by atoms with Crippen LogP contribution in [0.25, 0.3) is 17.1 Å². The first-order valence-corrected chi connectivity index (χ1v) is 9.21. The second-order valence-electron chi connectivity index (χ2n) is 6.77. The molecule has 0 aliphatic rings. The first kappa shape index (κ1) is 18.0. The molecule has 0 saturated heterocycles. The van der Waals surface area contributed by atoms with E-state index in [1.54, 1.807) is 18.5 Å². The monoisotopic (exact) mass is 376 g/mol. The van der Waals surface area contributed by atoms with Crippen LogP contribution in [0, 0.1) is 19.7 Å². The van der Waals surface area contributed by atoms with Crippen molar-refractivity contribution in [3.8, 4) is 17.1 Å². The van der Waals surface area contributed by atoms with Crippen molar-refractivity contribution in [2.24, 2.45) is 0 Å². The van der Waals surface area contributed by atoms with Gasteiger partial charge in [-0.2, -0.15) is 10.2 Å². The number of hydrogen-bond acceptors (Lipinski definition) is 4. The Balaban J connectivity index is 1.66. The quantitative estimate of drug-likeness (QED) is 0.572. The second kappa shape index (κ2) is 7.34. The Hall–Kier alpha value is -3.35. The number of benzene rings is 1. The van der Waals surface area contributed by atoms with Crippen molar-refractivity contribution in [1.82, 2.24) is 29.9 Å². The summed E-state index contributed by atoms with van der Waals surface area (Å²) in [6.07, 6.45) is 2.98. The number of halogens is 1. The minimum Gasteiger partial charge on any atom is -0.281 e. The lowest BCUT2D eigenvalue weighted by Crippen LogP contribution is -2.05. The summed E-state index contributed by atoms with van der Waals surface area (Å²) < 4.78 is 15.1. The molecule has 0 atom stereocenters. The summed E-state index contributed by atoms with van der Waals surface area (Å²) >= 11 is 0. The molecule has 3 heterocycles. The van der Waals surface area contributed by atoms with Crippen LogP contribution in [-0.2, 0) is 12.8 Å². The number of nitrogens with zero attached hydrogens (tertiary/aromatic N) is 5. The van der Waals surface area contributed by atoms with E-state index >= 15 is 0 Å². The Labute approximate surface area is 162 Å². The van der Waals surface area contributed by atoms with Crippen LogP contribution in [0.3, 0.4) is 0 Å². The average molecular weight is 376 g/mol. The molecule has 0 spiro atoms. The van der Waals surface area contributed by atoms with Crippen molar-refractivity contribution in [3.63, 3.8) is 0 Å². The molecule has 0 amide bonds. The Kier molecular flexibility index (Phi) is 4.73. The Morgan fingerprint density at radius 3 is 2.54 bits per heavy atom. The zero-order valence-electron chi connectivity index (χ0n) is 16.1. The van der Waals surface area contributed by atoms with Crippen LogP contribution < -0.4 is 0 Å². The van der Waals surface area contributed by atoms with Gasteiger partial charge in [-0.15, -0.1) is 0 Å². The molecule has 0 unspecified atom stereocenters. The van der Waals surface area contributed by atoms with Crippen LogP contribution in [0.1, 0.15) is 35.3 Å². The van der Waals surface area contributed by atoms with Gasteiger partial charge in [0.15, 0.2) is 5.82 Å². The largest absolute Gasteiger partial charge is 0.281 e. The lowest BCUT2D eigenvalue weighted by molar-refractivity contribution is 0.628. The number of aromatic nitrogens is 6. The van der Waals surface area contributed by atoms with Crippen molar-refractivity contribution in [2.75, 3.05) is 0 Å². The fourth-order valence-electron chi connectivity index (χ4n) is 3.42. The number of nitrogens with one attached hydrogen (secondary N) is 1. The van der Waals surface area contributed by atoms with Gasteiger partial charge in [0.1, 0.15) is 12.1 Å². The molecular formula is C21H21FN6. The molecule has 1 aromatic carbocycles. The summed E-state index contributed by atoms with van der Waals surface area (Å²) in [5.41, 5.74) is 6.70. The summed E-state index contributed by atoms with van der Waals surface area (Å²) in [5, 5.41) is 12.1. The maximum atomic E-state index is 13.2. The van der Waals surface area contributed by atoms with Gasteiger partial charge in [-0.3, -0.25) is 5.10 Å². The van der Waals surface area contributed by atoms with Crippen molar-refractivity contribution < 1.29 is 4.39 Å². The van der Waals surface area contributed by atoms with Crippen LogP contribution in [-0.4, -0.2) is 29.9 Å². The highest BCUT2D eigenvalue weighted by atomic mass is 19.1. The van der Waals surface area contributed by atoms with Gasteiger partial charge in [0.25, 0.3) is 0 Å². The van der Waals surface area contributed by atoms with Crippen molar-refractivity contribution in [1.29, 1.82) is 0 Å².